The van der Waals surface area contributed by atoms with E-state index >= 15 is 0 Å². The summed E-state index contributed by atoms with van der Waals surface area (Å²) in [5.74, 6) is -1.98. The van der Waals surface area contributed by atoms with Gasteiger partial charge in [0, 0.05) is 6.54 Å². The lowest BCUT2D eigenvalue weighted by molar-refractivity contribution is 0.582. The summed E-state index contributed by atoms with van der Waals surface area (Å²) in [4.78, 5) is 0. The van der Waals surface area contributed by atoms with E-state index in [1.807, 2.05) is 0 Å². The molecule has 0 spiro atoms. The summed E-state index contributed by atoms with van der Waals surface area (Å²) in [5.41, 5.74) is 0.552. The number of nitriles is 1. The van der Waals surface area contributed by atoms with Crippen molar-refractivity contribution < 1.29 is 13.2 Å². The average molecular weight is 276 g/mol. The Kier molecular flexibility index (Phi) is 3.94. The van der Waals surface area contributed by atoms with Crippen LogP contribution in [0.15, 0.2) is 30.3 Å². The fourth-order valence-electron chi connectivity index (χ4n) is 1.78. The highest BCUT2D eigenvalue weighted by Gasteiger charge is 2.11. The predicted molar refractivity (Wildman–Crippen MR) is 69.5 cm³/mol. The van der Waals surface area contributed by atoms with Crippen molar-refractivity contribution in [2.24, 2.45) is 0 Å². The lowest BCUT2D eigenvalue weighted by Crippen LogP contribution is -2.05. The van der Waals surface area contributed by atoms with Crippen molar-refractivity contribution in [1.29, 1.82) is 5.26 Å². The van der Waals surface area contributed by atoms with Crippen LogP contribution in [0.2, 0.25) is 0 Å². The van der Waals surface area contributed by atoms with Gasteiger partial charge in [0.15, 0.2) is 5.82 Å². The van der Waals surface area contributed by atoms with Crippen molar-refractivity contribution in [2.75, 3.05) is 5.32 Å². The van der Waals surface area contributed by atoms with Crippen LogP contribution >= 0.6 is 0 Å². The number of aryl methyl sites for hydroxylation is 1. The molecule has 2 aromatic carbocycles. The predicted octanol–water partition coefficient (Wildman–Crippen LogP) is 3.90. The van der Waals surface area contributed by atoms with Crippen LogP contribution in [-0.2, 0) is 6.54 Å². The smallest absolute Gasteiger partial charge is 0.152 e. The van der Waals surface area contributed by atoms with Gasteiger partial charge in [0.05, 0.1) is 5.56 Å². The number of halogens is 3. The first-order valence-corrected chi connectivity index (χ1v) is 5.90. The largest absolute Gasteiger partial charge is 0.376 e. The van der Waals surface area contributed by atoms with E-state index in [0.29, 0.717) is 11.1 Å². The molecule has 0 atom stereocenters. The highest BCUT2D eigenvalue weighted by atomic mass is 19.1. The minimum Gasteiger partial charge on any atom is -0.376 e. The minimum atomic E-state index is -0.698. The van der Waals surface area contributed by atoms with Gasteiger partial charge < -0.3 is 5.32 Å². The van der Waals surface area contributed by atoms with Crippen LogP contribution in [0, 0.1) is 35.7 Å². The first-order chi connectivity index (χ1) is 9.52. The number of hydrogen-bond acceptors (Lipinski definition) is 2. The molecule has 102 valence electrons. The number of anilines is 1. The van der Waals surface area contributed by atoms with E-state index < -0.39 is 17.5 Å². The van der Waals surface area contributed by atoms with Crippen LogP contribution in [-0.4, -0.2) is 0 Å². The Hall–Kier alpha value is -2.48. The van der Waals surface area contributed by atoms with Gasteiger partial charge in [-0.1, -0.05) is 12.1 Å². The number of benzene rings is 2. The Morgan fingerprint density at radius 3 is 2.50 bits per heavy atom. The topological polar surface area (TPSA) is 35.8 Å². The molecule has 1 N–H and O–H groups in total. The van der Waals surface area contributed by atoms with Gasteiger partial charge in [-0.15, -0.1) is 0 Å². The summed E-state index contributed by atoms with van der Waals surface area (Å²) in [6.07, 6.45) is 0. The normalized spacial score (nSPS) is 10.2. The molecule has 2 aromatic rings. The molecule has 2 nitrogen and oxygen atoms in total. The molecule has 0 fully saturated rings. The average Bonchev–Trinajstić information content (AvgIpc) is 2.44. The van der Waals surface area contributed by atoms with Gasteiger partial charge in [-0.3, -0.25) is 0 Å². The van der Waals surface area contributed by atoms with Crippen molar-refractivity contribution in [2.45, 2.75) is 13.5 Å². The molecule has 2 rings (SSSR count). The van der Waals surface area contributed by atoms with Gasteiger partial charge in [0.1, 0.15) is 23.4 Å². The summed E-state index contributed by atoms with van der Waals surface area (Å²) in [6.45, 7) is 1.62. The molecule has 0 radical (unpaired) electrons. The third-order valence-electron chi connectivity index (χ3n) is 2.90. The zero-order valence-corrected chi connectivity index (χ0v) is 10.7. The van der Waals surface area contributed by atoms with E-state index in [1.54, 1.807) is 6.07 Å². The third kappa shape index (κ3) is 2.75. The van der Waals surface area contributed by atoms with Gasteiger partial charge in [-0.25, -0.2) is 13.2 Å². The second-order valence-corrected chi connectivity index (χ2v) is 4.33. The Bertz CT molecular complexity index is 690. The molecule has 0 aliphatic rings. The first-order valence-electron chi connectivity index (χ1n) is 5.90. The van der Waals surface area contributed by atoms with Gasteiger partial charge in [0.25, 0.3) is 0 Å². The molecule has 0 aliphatic carbocycles. The van der Waals surface area contributed by atoms with Crippen LogP contribution in [0.4, 0.5) is 18.9 Å². The maximum absolute atomic E-state index is 13.8. The van der Waals surface area contributed by atoms with Crippen LogP contribution < -0.4 is 5.32 Å². The van der Waals surface area contributed by atoms with Crippen molar-refractivity contribution >= 4 is 5.69 Å². The molecule has 0 saturated heterocycles. The van der Waals surface area contributed by atoms with E-state index in [4.69, 9.17) is 5.26 Å². The van der Waals surface area contributed by atoms with Crippen molar-refractivity contribution in [1.82, 2.24) is 0 Å². The molecule has 0 saturated carbocycles. The van der Waals surface area contributed by atoms with Crippen molar-refractivity contribution in [3.63, 3.8) is 0 Å². The summed E-state index contributed by atoms with van der Waals surface area (Å²) in [7, 11) is 0. The maximum atomic E-state index is 13.8. The fraction of sp³-hybridized carbons (Fsp3) is 0.133. The van der Waals surface area contributed by atoms with E-state index in [2.05, 4.69) is 5.32 Å². The van der Waals surface area contributed by atoms with Crippen LogP contribution in [0.1, 0.15) is 16.7 Å². The Balaban J connectivity index is 2.22. The molecule has 0 heterocycles. The number of nitrogens with one attached hydrogen (secondary N) is 1. The van der Waals surface area contributed by atoms with Crippen molar-refractivity contribution in [3.8, 4) is 6.07 Å². The quantitative estimate of drug-likeness (QED) is 0.923. The lowest BCUT2D eigenvalue weighted by atomic mass is 10.1. The first kappa shape index (κ1) is 13.9. The third-order valence-corrected chi connectivity index (χ3v) is 2.90. The highest BCUT2D eigenvalue weighted by Crippen LogP contribution is 2.22. The standard InChI is InChI=1S/C15H11F3N2/c1-9-2-4-13(17)15(14(9)18)20-8-10-3-5-12(16)11(6-10)7-19/h2-6,20H,8H2,1H3. The van der Waals surface area contributed by atoms with E-state index in [1.165, 1.54) is 31.2 Å². The summed E-state index contributed by atoms with van der Waals surface area (Å²) in [6, 6.07) is 8.18. The Morgan fingerprint density at radius 2 is 1.80 bits per heavy atom. The fourth-order valence-corrected chi connectivity index (χ4v) is 1.78. The van der Waals surface area contributed by atoms with Crippen LogP contribution in [0.5, 0.6) is 0 Å². The SMILES string of the molecule is Cc1ccc(F)c(NCc2ccc(F)c(C#N)c2)c1F. The van der Waals surface area contributed by atoms with Gasteiger partial charge in [-0.05, 0) is 36.2 Å². The van der Waals surface area contributed by atoms with Crippen molar-refractivity contribution in [3.05, 3.63) is 64.5 Å². The molecule has 0 bridgehead atoms. The zero-order chi connectivity index (χ0) is 14.7. The maximum Gasteiger partial charge on any atom is 0.152 e. The summed E-state index contributed by atoms with van der Waals surface area (Å²) < 4.78 is 40.4. The van der Waals surface area contributed by atoms with Gasteiger partial charge >= 0.3 is 0 Å². The van der Waals surface area contributed by atoms with Crippen LogP contribution in [0.25, 0.3) is 0 Å². The minimum absolute atomic E-state index is 0.0895. The molecule has 0 unspecified atom stereocenters. The lowest BCUT2D eigenvalue weighted by Gasteiger charge is -2.10. The number of nitrogens with zero attached hydrogens (tertiary/aromatic N) is 1. The summed E-state index contributed by atoms with van der Waals surface area (Å²) in [5, 5.41) is 11.3. The second-order valence-electron chi connectivity index (χ2n) is 4.33. The van der Waals surface area contributed by atoms with Crippen LogP contribution in [0.3, 0.4) is 0 Å². The molecule has 0 aromatic heterocycles. The molecule has 0 aliphatic heterocycles. The van der Waals surface area contributed by atoms with Gasteiger partial charge in [0.2, 0.25) is 0 Å². The van der Waals surface area contributed by atoms with Gasteiger partial charge in [-0.2, -0.15) is 5.26 Å². The Labute approximate surface area is 114 Å². The van der Waals surface area contributed by atoms with E-state index in [9.17, 15) is 13.2 Å². The highest BCUT2D eigenvalue weighted by molar-refractivity contribution is 5.49. The molecule has 0 amide bonds. The zero-order valence-electron chi connectivity index (χ0n) is 10.7. The molecule has 20 heavy (non-hydrogen) atoms. The Morgan fingerprint density at radius 1 is 1.10 bits per heavy atom. The molecular weight excluding hydrogens is 265 g/mol. The summed E-state index contributed by atoms with van der Waals surface area (Å²) >= 11 is 0. The second kappa shape index (κ2) is 5.66. The van der Waals surface area contributed by atoms with E-state index in [0.717, 1.165) is 6.07 Å². The molecule has 5 heteroatoms. The monoisotopic (exact) mass is 276 g/mol. The number of hydrogen-bond donors (Lipinski definition) is 1. The molecular formula is C15H11F3N2. The van der Waals surface area contributed by atoms with E-state index in [-0.39, 0.29) is 17.8 Å². The number of rotatable bonds is 3.